The van der Waals surface area contributed by atoms with Crippen LogP contribution >= 0.6 is 46.1 Å². The number of nitrogens with zero attached hydrogens (tertiary/aromatic N) is 1. The quantitative estimate of drug-likeness (QED) is 0.317. The van der Waals surface area contributed by atoms with Gasteiger partial charge in [0.05, 0.1) is 0 Å². The van der Waals surface area contributed by atoms with E-state index in [1.807, 2.05) is 51.1 Å². The van der Waals surface area contributed by atoms with Gasteiger partial charge in [-0.25, -0.2) is 4.79 Å². The Morgan fingerprint density at radius 2 is 1.84 bits per heavy atom. The summed E-state index contributed by atoms with van der Waals surface area (Å²) in [5, 5.41) is 2.98. The van der Waals surface area contributed by atoms with E-state index in [1.54, 1.807) is 20.9 Å². The van der Waals surface area contributed by atoms with E-state index in [2.05, 4.69) is 54.6 Å². The number of aryl methyl sites for hydroxylation is 1. The highest BCUT2D eigenvalue weighted by Crippen LogP contribution is 2.31. The van der Waals surface area contributed by atoms with Crippen LogP contribution in [0.3, 0.4) is 0 Å². The van der Waals surface area contributed by atoms with Gasteiger partial charge in [0.25, 0.3) is 0 Å². The summed E-state index contributed by atoms with van der Waals surface area (Å²) >= 11 is 5.65. The van der Waals surface area contributed by atoms with E-state index in [0.717, 1.165) is 33.5 Å². The van der Waals surface area contributed by atoms with Gasteiger partial charge in [-0.2, -0.15) is 0 Å². The van der Waals surface area contributed by atoms with E-state index in [9.17, 15) is 9.59 Å². The number of carbonyl (C=O) groups excluding carboxylic acids is 2. The zero-order valence-corrected chi connectivity index (χ0v) is 22.8. The van der Waals surface area contributed by atoms with Crippen LogP contribution in [0.2, 0.25) is 0 Å². The third kappa shape index (κ3) is 9.41. The van der Waals surface area contributed by atoms with Crippen LogP contribution in [-0.4, -0.2) is 29.5 Å². The molecule has 0 bridgehead atoms. The standard InChI is InChI=1S/C23H28BrIN2O3S/c1-23(2,3)30-22(29)27(4)15-17-14-19(12-13-20(17)31-25)26-21(28)7-5-6-16-8-10-18(24)11-9-16/h8-14H,5-7,15H2,1-4H3,(H,26,28). The second-order valence-electron chi connectivity index (χ2n) is 8.26. The maximum Gasteiger partial charge on any atom is 0.410 e. The van der Waals surface area contributed by atoms with Crippen molar-refractivity contribution in [2.75, 3.05) is 12.4 Å². The Bertz CT molecular complexity index is 901. The van der Waals surface area contributed by atoms with Crippen molar-refractivity contribution in [3.8, 4) is 0 Å². The molecule has 2 aromatic carbocycles. The minimum absolute atomic E-state index is 0.0153. The molecule has 8 heteroatoms. The normalized spacial score (nSPS) is 11.2. The van der Waals surface area contributed by atoms with E-state index in [-0.39, 0.29) is 12.0 Å². The summed E-state index contributed by atoms with van der Waals surface area (Å²) in [6.07, 6.45) is 1.71. The lowest BCUT2D eigenvalue weighted by Gasteiger charge is -2.25. The third-order valence-electron chi connectivity index (χ3n) is 4.32. The molecule has 0 unspecified atom stereocenters. The molecule has 0 aliphatic heterocycles. The van der Waals surface area contributed by atoms with Gasteiger partial charge in [0, 0.05) is 56.3 Å². The van der Waals surface area contributed by atoms with Crippen LogP contribution in [0.5, 0.6) is 0 Å². The molecule has 0 saturated heterocycles. The first-order valence-electron chi connectivity index (χ1n) is 9.97. The molecule has 0 heterocycles. The predicted octanol–water partition coefficient (Wildman–Crippen LogP) is 7.22. The fourth-order valence-electron chi connectivity index (χ4n) is 2.84. The van der Waals surface area contributed by atoms with Crippen molar-refractivity contribution >= 4 is 63.8 Å². The summed E-state index contributed by atoms with van der Waals surface area (Å²) in [6.45, 7) is 5.93. The number of hydrogen-bond donors (Lipinski definition) is 1. The Kier molecular flexibility index (Phi) is 10.2. The maximum atomic E-state index is 12.4. The molecule has 0 saturated carbocycles. The molecule has 0 radical (unpaired) electrons. The highest BCUT2D eigenvalue weighted by atomic mass is 127. The fraction of sp³-hybridized carbons (Fsp3) is 0.391. The molecule has 0 spiro atoms. The smallest absolute Gasteiger partial charge is 0.410 e. The van der Waals surface area contributed by atoms with Gasteiger partial charge >= 0.3 is 6.09 Å². The molecule has 2 rings (SSSR count). The van der Waals surface area contributed by atoms with E-state index in [0.29, 0.717) is 13.0 Å². The highest BCUT2D eigenvalue weighted by Gasteiger charge is 2.20. The van der Waals surface area contributed by atoms with Gasteiger partial charge in [0.2, 0.25) is 5.91 Å². The van der Waals surface area contributed by atoms with Crippen molar-refractivity contribution in [1.29, 1.82) is 0 Å². The third-order valence-corrected chi connectivity index (χ3v) is 6.84. The zero-order chi connectivity index (χ0) is 23.0. The largest absolute Gasteiger partial charge is 0.444 e. The molecule has 168 valence electrons. The van der Waals surface area contributed by atoms with Crippen LogP contribution in [-0.2, 0) is 22.5 Å². The van der Waals surface area contributed by atoms with Crippen molar-refractivity contribution in [2.24, 2.45) is 0 Å². The Morgan fingerprint density at radius 1 is 1.16 bits per heavy atom. The number of nitrogens with one attached hydrogen (secondary N) is 1. The second-order valence-corrected chi connectivity index (χ2v) is 11.1. The van der Waals surface area contributed by atoms with Gasteiger partial charge in [-0.05, 0) is 75.1 Å². The lowest BCUT2D eigenvalue weighted by atomic mass is 10.1. The summed E-state index contributed by atoms with van der Waals surface area (Å²) < 4.78 is 6.48. The number of amides is 2. The Morgan fingerprint density at radius 3 is 2.45 bits per heavy atom. The first kappa shape index (κ1) is 26.0. The number of carbonyl (C=O) groups is 2. The average molecular weight is 619 g/mol. The Balaban J connectivity index is 1.94. The van der Waals surface area contributed by atoms with E-state index < -0.39 is 5.60 Å². The van der Waals surface area contributed by atoms with Crippen LogP contribution in [0.4, 0.5) is 10.5 Å². The van der Waals surface area contributed by atoms with Crippen molar-refractivity contribution in [1.82, 2.24) is 4.90 Å². The molecular formula is C23H28BrIN2O3S. The highest BCUT2D eigenvalue weighted by molar-refractivity contribution is 14.2. The molecule has 0 fully saturated rings. The number of halogens is 2. The molecule has 0 aliphatic rings. The molecule has 31 heavy (non-hydrogen) atoms. The first-order chi connectivity index (χ1) is 14.6. The molecule has 1 N–H and O–H groups in total. The van der Waals surface area contributed by atoms with Gasteiger partial charge in [0.1, 0.15) is 5.60 Å². The monoisotopic (exact) mass is 618 g/mol. The molecule has 5 nitrogen and oxygen atoms in total. The van der Waals surface area contributed by atoms with Gasteiger partial charge in [-0.15, -0.1) is 0 Å². The van der Waals surface area contributed by atoms with Crippen molar-refractivity contribution in [3.05, 3.63) is 58.1 Å². The molecule has 2 amide bonds. The molecule has 0 atom stereocenters. The molecule has 0 aliphatic carbocycles. The lowest BCUT2D eigenvalue weighted by molar-refractivity contribution is -0.116. The summed E-state index contributed by atoms with van der Waals surface area (Å²) in [7, 11) is 3.29. The van der Waals surface area contributed by atoms with Gasteiger partial charge in [-0.1, -0.05) is 37.0 Å². The summed E-state index contributed by atoms with van der Waals surface area (Å²) in [5.74, 6) is -0.0153. The fourth-order valence-corrected chi connectivity index (χ4v) is 4.74. The van der Waals surface area contributed by atoms with Gasteiger partial charge < -0.3 is 15.0 Å². The Hall–Kier alpha value is -1.26. The van der Waals surface area contributed by atoms with E-state index in [4.69, 9.17) is 4.74 Å². The number of hydrogen-bond acceptors (Lipinski definition) is 4. The SMILES string of the molecule is CN(Cc1cc(NC(=O)CCCc2ccc(Br)cc2)ccc1SI)C(=O)OC(C)(C)C. The first-order valence-corrected chi connectivity index (χ1v) is 14.1. The van der Waals surface area contributed by atoms with Crippen LogP contribution < -0.4 is 5.32 Å². The number of ether oxygens (including phenoxy) is 1. The predicted molar refractivity (Wildman–Crippen MR) is 140 cm³/mol. The lowest BCUT2D eigenvalue weighted by Crippen LogP contribution is -2.33. The number of anilines is 1. The van der Waals surface area contributed by atoms with Crippen molar-refractivity contribution in [2.45, 2.75) is 57.1 Å². The second kappa shape index (κ2) is 12.1. The average Bonchev–Trinajstić information content (AvgIpc) is 2.68. The Labute approximate surface area is 209 Å². The van der Waals surface area contributed by atoms with Crippen LogP contribution in [0, 0.1) is 0 Å². The zero-order valence-electron chi connectivity index (χ0n) is 18.2. The summed E-state index contributed by atoms with van der Waals surface area (Å²) in [5.41, 5.74) is 2.36. The minimum atomic E-state index is -0.543. The molecule has 2 aromatic rings. The molecule has 0 aromatic heterocycles. The summed E-state index contributed by atoms with van der Waals surface area (Å²) in [4.78, 5) is 27.3. The van der Waals surface area contributed by atoms with Gasteiger partial charge in [0.15, 0.2) is 0 Å². The van der Waals surface area contributed by atoms with E-state index in [1.165, 1.54) is 5.56 Å². The van der Waals surface area contributed by atoms with Crippen LogP contribution in [0.25, 0.3) is 0 Å². The topological polar surface area (TPSA) is 58.6 Å². The van der Waals surface area contributed by atoms with Crippen LogP contribution in [0.1, 0.15) is 44.7 Å². The molecular weight excluding hydrogens is 591 g/mol. The van der Waals surface area contributed by atoms with E-state index >= 15 is 0 Å². The maximum absolute atomic E-state index is 12.4. The minimum Gasteiger partial charge on any atom is -0.444 e. The number of benzene rings is 2. The number of rotatable bonds is 8. The van der Waals surface area contributed by atoms with Crippen molar-refractivity contribution in [3.63, 3.8) is 0 Å². The van der Waals surface area contributed by atoms with Crippen LogP contribution in [0.15, 0.2) is 51.8 Å². The van der Waals surface area contributed by atoms with Gasteiger partial charge in [-0.3, -0.25) is 4.79 Å². The summed E-state index contributed by atoms with van der Waals surface area (Å²) in [6, 6.07) is 13.9. The van der Waals surface area contributed by atoms with Crippen molar-refractivity contribution < 1.29 is 14.3 Å².